The molecule has 0 heterocycles. The summed E-state index contributed by atoms with van der Waals surface area (Å²) in [6, 6.07) is -0.0426. The zero-order chi connectivity index (χ0) is 10.4. The Kier molecular flexibility index (Phi) is 4.66. The van der Waals surface area contributed by atoms with Crippen LogP contribution in [0.2, 0.25) is 0 Å². The van der Waals surface area contributed by atoms with Gasteiger partial charge in [0.1, 0.15) is 0 Å². The van der Waals surface area contributed by atoms with Crippen LogP contribution in [-0.4, -0.2) is 18.6 Å². The summed E-state index contributed by atoms with van der Waals surface area (Å²) in [5.41, 5.74) is 5.94. The van der Waals surface area contributed by atoms with Crippen molar-refractivity contribution in [3.8, 4) is 0 Å². The standard InChI is InChI=1S/C11H19NO2/c1-2-14-11(13)9-7-5-3-4-6-8-10(9)12/h3-4,9-10H,2,5-8,12H2,1H3. The SMILES string of the molecule is CCOC(=O)C1CCC=CCCC1N. The molecule has 1 rings (SSSR count). The van der Waals surface area contributed by atoms with E-state index in [1.54, 1.807) is 0 Å². The Labute approximate surface area is 85.3 Å². The van der Waals surface area contributed by atoms with Crippen molar-refractivity contribution >= 4 is 5.97 Å². The third-order valence-corrected chi connectivity index (χ3v) is 2.58. The highest BCUT2D eigenvalue weighted by Gasteiger charge is 2.26. The molecule has 0 aromatic rings. The maximum Gasteiger partial charge on any atom is 0.310 e. The zero-order valence-electron chi connectivity index (χ0n) is 8.74. The molecule has 1 aliphatic carbocycles. The minimum Gasteiger partial charge on any atom is -0.466 e. The van der Waals surface area contributed by atoms with Gasteiger partial charge in [-0.1, -0.05) is 12.2 Å². The molecule has 0 aromatic heterocycles. The summed E-state index contributed by atoms with van der Waals surface area (Å²) in [4.78, 5) is 11.5. The number of nitrogens with two attached hydrogens (primary N) is 1. The summed E-state index contributed by atoms with van der Waals surface area (Å²) in [5, 5.41) is 0. The number of ether oxygens (including phenoxy) is 1. The lowest BCUT2D eigenvalue weighted by molar-refractivity contribution is -0.149. The summed E-state index contributed by atoms with van der Waals surface area (Å²) in [6.07, 6.45) is 7.85. The van der Waals surface area contributed by atoms with Crippen LogP contribution in [0.3, 0.4) is 0 Å². The minimum atomic E-state index is -0.129. The van der Waals surface area contributed by atoms with Crippen molar-refractivity contribution in [3.63, 3.8) is 0 Å². The first-order valence-corrected chi connectivity index (χ1v) is 5.33. The molecular weight excluding hydrogens is 178 g/mol. The number of hydrogen-bond acceptors (Lipinski definition) is 3. The van der Waals surface area contributed by atoms with Gasteiger partial charge < -0.3 is 10.5 Å². The Balaban J connectivity index is 2.54. The summed E-state index contributed by atoms with van der Waals surface area (Å²) in [5.74, 6) is -0.241. The van der Waals surface area contributed by atoms with Crippen LogP contribution in [0.15, 0.2) is 12.2 Å². The van der Waals surface area contributed by atoms with Gasteiger partial charge in [-0.2, -0.15) is 0 Å². The van der Waals surface area contributed by atoms with Gasteiger partial charge in [0, 0.05) is 6.04 Å². The molecule has 2 N–H and O–H groups in total. The Morgan fingerprint density at radius 2 is 2.07 bits per heavy atom. The zero-order valence-corrected chi connectivity index (χ0v) is 8.74. The van der Waals surface area contributed by atoms with E-state index >= 15 is 0 Å². The number of allylic oxidation sites excluding steroid dienone is 2. The van der Waals surface area contributed by atoms with Gasteiger partial charge in [0.05, 0.1) is 12.5 Å². The van der Waals surface area contributed by atoms with E-state index in [1.807, 2.05) is 6.92 Å². The maximum absolute atomic E-state index is 11.5. The minimum absolute atomic E-state index is 0.0426. The van der Waals surface area contributed by atoms with Crippen molar-refractivity contribution in [2.75, 3.05) is 6.61 Å². The van der Waals surface area contributed by atoms with Crippen molar-refractivity contribution < 1.29 is 9.53 Å². The second kappa shape index (κ2) is 5.81. The molecule has 3 nitrogen and oxygen atoms in total. The predicted octanol–water partition coefficient (Wildman–Crippen LogP) is 1.62. The van der Waals surface area contributed by atoms with Gasteiger partial charge in [0.25, 0.3) is 0 Å². The van der Waals surface area contributed by atoms with E-state index in [1.165, 1.54) is 0 Å². The monoisotopic (exact) mass is 197 g/mol. The largest absolute Gasteiger partial charge is 0.466 e. The topological polar surface area (TPSA) is 52.3 Å². The third-order valence-electron chi connectivity index (χ3n) is 2.58. The Morgan fingerprint density at radius 3 is 2.71 bits per heavy atom. The lowest BCUT2D eigenvalue weighted by atomic mass is 9.90. The lowest BCUT2D eigenvalue weighted by Crippen LogP contribution is -2.37. The molecule has 3 heteroatoms. The molecule has 80 valence electrons. The third kappa shape index (κ3) is 3.14. The average Bonchev–Trinajstić information content (AvgIpc) is 2.12. The van der Waals surface area contributed by atoms with Crippen LogP contribution >= 0.6 is 0 Å². The van der Waals surface area contributed by atoms with Crippen molar-refractivity contribution in [1.82, 2.24) is 0 Å². The highest BCUT2D eigenvalue weighted by Crippen LogP contribution is 2.19. The first-order chi connectivity index (χ1) is 6.75. The fourth-order valence-electron chi connectivity index (χ4n) is 1.76. The molecule has 0 bridgehead atoms. The van der Waals surface area contributed by atoms with Gasteiger partial charge in [-0.25, -0.2) is 0 Å². The van der Waals surface area contributed by atoms with E-state index in [-0.39, 0.29) is 17.9 Å². The number of rotatable bonds is 2. The molecule has 1 aliphatic rings. The van der Waals surface area contributed by atoms with Crippen LogP contribution in [0, 0.1) is 5.92 Å². The molecule has 2 unspecified atom stereocenters. The molecule has 14 heavy (non-hydrogen) atoms. The van der Waals surface area contributed by atoms with E-state index in [9.17, 15) is 4.79 Å². The van der Waals surface area contributed by atoms with Crippen molar-refractivity contribution in [1.29, 1.82) is 0 Å². The van der Waals surface area contributed by atoms with E-state index < -0.39 is 0 Å². The van der Waals surface area contributed by atoms with Crippen molar-refractivity contribution in [3.05, 3.63) is 12.2 Å². The van der Waals surface area contributed by atoms with Gasteiger partial charge in [-0.3, -0.25) is 4.79 Å². The molecular formula is C11H19NO2. The Hall–Kier alpha value is -0.830. The van der Waals surface area contributed by atoms with Crippen LogP contribution in [0.1, 0.15) is 32.6 Å². The lowest BCUT2D eigenvalue weighted by Gasteiger charge is -2.22. The second-order valence-corrected chi connectivity index (χ2v) is 3.65. The number of carbonyl (C=O) groups excluding carboxylic acids is 1. The quantitative estimate of drug-likeness (QED) is 0.540. The van der Waals surface area contributed by atoms with E-state index in [0.717, 1.165) is 25.7 Å². The Morgan fingerprint density at radius 1 is 1.43 bits per heavy atom. The highest BCUT2D eigenvalue weighted by molar-refractivity contribution is 5.73. The van der Waals surface area contributed by atoms with Crippen molar-refractivity contribution in [2.24, 2.45) is 11.7 Å². The van der Waals surface area contributed by atoms with E-state index in [4.69, 9.17) is 10.5 Å². The van der Waals surface area contributed by atoms with Gasteiger partial charge in [0.15, 0.2) is 0 Å². The fourth-order valence-corrected chi connectivity index (χ4v) is 1.76. The van der Waals surface area contributed by atoms with Gasteiger partial charge in [0.2, 0.25) is 0 Å². The number of hydrogen-bond donors (Lipinski definition) is 1. The van der Waals surface area contributed by atoms with Crippen LogP contribution in [0.4, 0.5) is 0 Å². The summed E-state index contributed by atoms with van der Waals surface area (Å²) < 4.78 is 5.01. The molecule has 0 amide bonds. The molecule has 0 fully saturated rings. The van der Waals surface area contributed by atoms with Gasteiger partial charge >= 0.3 is 5.97 Å². The predicted molar refractivity (Wildman–Crippen MR) is 55.7 cm³/mol. The highest BCUT2D eigenvalue weighted by atomic mass is 16.5. The molecule has 0 spiro atoms. The van der Waals surface area contributed by atoms with Crippen LogP contribution in [0.5, 0.6) is 0 Å². The Bertz CT molecular complexity index is 213. The second-order valence-electron chi connectivity index (χ2n) is 3.65. The fraction of sp³-hybridized carbons (Fsp3) is 0.727. The van der Waals surface area contributed by atoms with E-state index in [2.05, 4.69) is 12.2 Å². The van der Waals surface area contributed by atoms with Crippen LogP contribution in [-0.2, 0) is 9.53 Å². The van der Waals surface area contributed by atoms with E-state index in [0.29, 0.717) is 6.61 Å². The van der Waals surface area contributed by atoms with Crippen LogP contribution in [0.25, 0.3) is 0 Å². The number of esters is 1. The molecule has 2 atom stereocenters. The molecule has 0 saturated carbocycles. The summed E-state index contributed by atoms with van der Waals surface area (Å²) in [6.45, 7) is 2.27. The smallest absolute Gasteiger partial charge is 0.310 e. The van der Waals surface area contributed by atoms with Gasteiger partial charge in [-0.15, -0.1) is 0 Å². The maximum atomic E-state index is 11.5. The molecule has 0 saturated heterocycles. The average molecular weight is 197 g/mol. The number of carbonyl (C=O) groups is 1. The van der Waals surface area contributed by atoms with Crippen LogP contribution < -0.4 is 5.73 Å². The molecule has 0 aliphatic heterocycles. The first-order valence-electron chi connectivity index (χ1n) is 5.33. The van der Waals surface area contributed by atoms with Gasteiger partial charge in [-0.05, 0) is 32.6 Å². The summed E-state index contributed by atoms with van der Waals surface area (Å²) in [7, 11) is 0. The molecule has 0 radical (unpaired) electrons. The normalized spacial score (nSPS) is 27.9. The molecule has 0 aromatic carbocycles. The van der Waals surface area contributed by atoms with Crippen molar-refractivity contribution in [2.45, 2.75) is 38.6 Å². The summed E-state index contributed by atoms with van der Waals surface area (Å²) >= 11 is 0. The first kappa shape index (κ1) is 11.2.